The SMILES string of the molecule is C#Cc1cccc(NC(=O)c2cccc(OCc3cn4ccccc4n3)c2)c1. The Morgan fingerprint density at radius 1 is 1.11 bits per heavy atom. The van der Waals surface area contributed by atoms with Crippen LogP contribution >= 0.6 is 0 Å². The number of ether oxygens (including phenoxy) is 1. The van der Waals surface area contributed by atoms with Gasteiger partial charge in [0, 0.05) is 29.2 Å². The molecule has 4 rings (SSSR count). The number of amides is 1. The third-order valence-electron chi connectivity index (χ3n) is 4.18. The van der Waals surface area contributed by atoms with Crippen molar-refractivity contribution in [3.05, 3.63) is 95.9 Å². The van der Waals surface area contributed by atoms with Crippen LogP contribution in [-0.2, 0) is 6.61 Å². The largest absolute Gasteiger partial charge is 0.487 e. The summed E-state index contributed by atoms with van der Waals surface area (Å²) in [7, 11) is 0. The van der Waals surface area contributed by atoms with Crippen LogP contribution < -0.4 is 10.1 Å². The lowest BCUT2D eigenvalue weighted by Gasteiger charge is -2.08. The standard InChI is InChI=1S/C23H17N3O2/c1-2-17-7-5-9-19(13-17)25-23(27)18-8-6-10-21(14-18)28-16-20-15-26-12-4-3-11-22(26)24-20/h1,3-15H,16H2,(H,25,27). The average molecular weight is 367 g/mol. The summed E-state index contributed by atoms with van der Waals surface area (Å²) in [6.45, 7) is 0.316. The number of rotatable bonds is 5. The van der Waals surface area contributed by atoms with Gasteiger partial charge in [0.05, 0.1) is 5.69 Å². The van der Waals surface area contributed by atoms with Crippen molar-refractivity contribution in [2.24, 2.45) is 0 Å². The highest BCUT2D eigenvalue weighted by atomic mass is 16.5. The number of benzene rings is 2. The zero-order valence-corrected chi connectivity index (χ0v) is 15.0. The van der Waals surface area contributed by atoms with E-state index in [-0.39, 0.29) is 5.91 Å². The minimum atomic E-state index is -0.229. The van der Waals surface area contributed by atoms with Crippen LogP contribution in [0.2, 0.25) is 0 Å². The Balaban J connectivity index is 1.44. The van der Waals surface area contributed by atoms with Gasteiger partial charge < -0.3 is 14.5 Å². The molecule has 1 amide bonds. The van der Waals surface area contributed by atoms with Crippen LogP contribution in [0.5, 0.6) is 5.75 Å². The molecule has 136 valence electrons. The summed E-state index contributed by atoms with van der Waals surface area (Å²) >= 11 is 0. The maximum Gasteiger partial charge on any atom is 0.255 e. The van der Waals surface area contributed by atoms with E-state index in [0.717, 1.165) is 11.3 Å². The first-order valence-electron chi connectivity index (χ1n) is 8.75. The second-order valence-corrected chi connectivity index (χ2v) is 6.19. The maximum atomic E-state index is 12.5. The van der Waals surface area contributed by atoms with E-state index in [1.54, 1.807) is 36.4 Å². The van der Waals surface area contributed by atoms with E-state index in [4.69, 9.17) is 11.2 Å². The van der Waals surface area contributed by atoms with E-state index < -0.39 is 0 Å². The van der Waals surface area contributed by atoms with Gasteiger partial charge in [-0.1, -0.05) is 24.1 Å². The number of anilines is 1. The Morgan fingerprint density at radius 2 is 2.00 bits per heavy atom. The lowest BCUT2D eigenvalue weighted by atomic mass is 10.1. The minimum absolute atomic E-state index is 0.229. The molecule has 0 fully saturated rings. The molecule has 28 heavy (non-hydrogen) atoms. The fourth-order valence-electron chi connectivity index (χ4n) is 2.83. The van der Waals surface area contributed by atoms with Gasteiger partial charge in [0.15, 0.2) is 0 Å². The van der Waals surface area contributed by atoms with Gasteiger partial charge in [-0.25, -0.2) is 4.98 Å². The van der Waals surface area contributed by atoms with Crippen molar-refractivity contribution in [2.45, 2.75) is 6.61 Å². The number of carbonyl (C=O) groups excluding carboxylic acids is 1. The Hall–Kier alpha value is -4.04. The highest BCUT2D eigenvalue weighted by Crippen LogP contribution is 2.17. The van der Waals surface area contributed by atoms with Crippen molar-refractivity contribution in [3.8, 4) is 18.1 Å². The number of aromatic nitrogens is 2. The Morgan fingerprint density at radius 3 is 2.86 bits per heavy atom. The molecule has 0 saturated heterocycles. The number of hydrogen-bond acceptors (Lipinski definition) is 3. The predicted octanol–water partition coefficient (Wildman–Crippen LogP) is 4.15. The molecule has 0 aliphatic rings. The molecule has 0 atom stereocenters. The van der Waals surface area contributed by atoms with Gasteiger partial charge in [-0.3, -0.25) is 4.79 Å². The number of carbonyl (C=O) groups is 1. The molecule has 2 aromatic heterocycles. The molecule has 0 aliphatic carbocycles. The monoisotopic (exact) mass is 367 g/mol. The zero-order valence-electron chi connectivity index (χ0n) is 15.0. The molecule has 0 spiro atoms. The number of nitrogens with zero attached hydrogens (tertiary/aromatic N) is 2. The summed E-state index contributed by atoms with van der Waals surface area (Å²) < 4.78 is 7.75. The molecule has 0 unspecified atom stereocenters. The van der Waals surface area contributed by atoms with Crippen molar-refractivity contribution < 1.29 is 9.53 Å². The molecule has 0 bridgehead atoms. The van der Waals surface area contributed by atoms with E-state index in [0.29, 0.717) is 29.2 Å². The minimum Gasteiger partial charge on any atom is -0.487 e. The second-order valence-electron chi connectivity index (χ2n) is 6.19. The lowest BCUT2D eigenvalue weighted by molar-refractivity contribution is 0.102. The number of nitrogens with one attached hydrogen (secondary N) is 1. The summed E-state index contributed by atoms with van der Waals surface area (Å²) in [4.78, 5) is 17.0. The summed E-state index contributed by atoms with van der Waals surface area (Å²) in [6, 6.07) is 20.0. The van der Waals surface area contributed by atoms with Crippen LogP contribution in [0.1, 0.15) is 21.6 Å². The molecule has 0 radical (unpaired) electrons. The van der Waals surface area contributed by atoms with E-state index in [1.807, 2.05) is 47.1 Å². The van der Waals surface area contributed by atoms with Gasteiger partial charge in [0.25, 0.3) is 5.91 Å². The quantitative estimate of drug-likeness (QED) is 0.539. The van der Waals surface area contributed by atoms with Crippen molar-refractivity contribution in [1.29, 1.82) is 0 Å². The van der Waals surface area contributed by atoms with Gasteiger partial charge in [-0.15, -0.1) is 6.42 Å². The van der Waals surface area contributed by atoms with E-state index in [9.17, 15) is 4.79 Å². The molecule has 2 aromatic carbocycles. The Bertz CT molecular complexity index is 1150. The smallest absolute Gasteiger partial charge is 0.255 e. The molecular formula is C23H17N3O2. The molecule has 1 N–H and O–H groups in total. The van der Waals surface area contributed by atoms with Gasteiger partial charge in [0.2, 0.25) is 0 Å². The van der Waals surface area contributed by atoms with Gasteiger partial charge in [-0.05, 0) is 48.5 Å². The van der Waals surface area contributed by atoms with E-state index >= 15 is 0 Å². The summed E-state index contributed by atoms with van der Waals surface area (Å²) in [5, 5.41) is 2.85. The summed E-state index contributed by atoms with van der Waals surface area (Å²) in [5.41, 5.74) is 3.54. The van der Waals surface area contributed by atoms with Crippen LogP contribution in [0.4, 0.5) is 5.69 Å². The number of imidazole rings is 1. The normalized spacial score (nSPS) is 10.4. The van der Waals surface area contributed by atoms with Gasteiger partial charge in [-0.2, -0.15) is 0 Å². The molecule has 0 saturated carbocycles. The highest BCUT2D eigenvalue weighted by Gasteiger charge is 2.08. The number of hydrogen-bond donors (Lipinski definition) is 1. The van der Waals surface area contributed by atoms with Crippen LogP contribution in [-0.4, -0.2) is 15.3 Å². The number of fused-ring (bicyclic) bond motifs is 1. The zero-order chi connectivity index (χ0) is 19.3. The lowest BCUT2D eigenvalue weighted by Crippen LogP contribution is -2.12. The van der Waals surface area contributed by atoms with Crippen LogP contribution in [0.25, 0.3) is 5.65 Å². The highest BCUT2D eigenvalue weighted by molar-refractivity contribution is 6.04. The average Bonchev–Trinajstić information content (AvgIpc) is 3.15. The van der Waals surface area contributed by atoms with Crippen LogP contribution in [0.3, 0.4) is 0 Å². The van der Waals surface area contributed by atoms with Gasteiger partial charge in [0.1, 0.15) is 18.0 Å². The first kappa shape index (κ1) is 17.4. The maximum absolute atomic E-state index is 12.5. The third kappa shape index (κ3) is 3.87. The van der Waals surface area contributed by atoms with Crippen molar-refractivity contribution in [1.82, 2.24) is 9.38 Å². The molecule has 4 aromatic rings. The summed E-state index contributed by atoms with van der Waals surface area (Å²) in [6.07, 6.45) is 9.26. The Labute approximate surface area is 162 Å². The molecule has 2 heterocycles. The van der Waals surface area contributed by atoms with Crippen LogP contribution in [0.15, 0.2) is 79.1 Å². The van der Waals surface area contributed by atoms with E-state index in [2.05, 4.69) is 16.2 Å². The molecule has 5 heteroatoms. The number of pyridine rings is 1. The summed E-state index contributed by atoms with van der Waals surface area (Å²) in [5.74, 6) is 2.92. The number of terminal acetylenes is 1. The molecule has 0 aliphatic heterocycles. The van der Waals surface area contributed by atoms with Crippen LogP contribution in [0, 0.1) is 12.3 Å². The van der Waals surface area contributed by atoms with E-state index in [1.165, 1.54) is 0 Å². The Kier molecular flexibility index (Phi) is 4.77. The molecule has 5 nitrogen and oxygen atoms in total. The first-order chi connectivity index (χ1) is 13.7. The van der Waals surface area contributed by atoms with Crippen molar-refractivity contribution >= 4 is 17.2 Å². The topological polar surface area (TPSA) is 55.6 Å². The molecular weight excluding hydrogens is 350 g/mol. The van der Waals surface area contributed by atoms with Crippen molar-refractivity contribution in [3.63, 3.8) is 0 Å². The fourth-order valence-corrected chi connectivity index (χ4v) is 2.83. The van der Waals surface area contributed by atoms with Gasteiger partial charge >= 0.3 is 0 Å². The predicted molar refractivity (Wildman–Crippen MR) is 108 cm³/mol. The third-order valence-corrected chi connectivity index (χ3v) is 4.18. The first-order valence-corrected chi connectivity index (χ1v) is 8.75. The fraction of sp³-hybridized carbons (Fsp3) is 0.0435. The second kappa shape index (κ2) is 7.68. The van der Waals surface area contributed by atoms with Crippen molar-refractivity contribution in [2.75, 3.05) is 5.32 Å².